The number of hydrogen-bond donors (Lipinski definition) is 0. The van der Waals surface area contributed by atoms with Crippen LogP contribution in [0, 0.1) is 5.92 Å². The Kier molecular flexibility index (Phi) is 3.12. The molecule has 0 aromatic rings. The Hall–Kier alpha value is 0.210. The zero-order chi connectivity index (χ0) is 9.26. The number of alkyl halides is 2. The molecular weight excluding hydrogens is 190 g/mol. The van der Waals surface area contributed by atoms with E-state index in [0.29, 0.717) is 18.6 Å². The second kappa shape index (κ2) is 4.16. The van der Waals surface area contributed by atoms with Crippen molar-refractivity contribution in [1.82, 2.24) is 0 Å². The lowest BCUT2D eigenvalue weighted by molar-refractivity contribution is 0.0913. The molecule has 76 valence electrons. The molecule has 2 aliphatic carbocycles. The van der Waals surface area contributed by atoms with Crippen molar-refractivity contribution >= 4 is 11.8 Å². The minimum Gasteiger partial charge on any atom is -0.247 e. The highest BCUT2D eigenvalue weighted by molar-refractivity contribution is 8.00. The van der Waals surface area contributed by atoms with Crippen LogP contribution in [-0.4, -0.2) is 23.3 Å². The van der Waals surface area contributed by atoms with Gasteiger partial charge in [0.1, 0.15) is 12.3 Å². The van der Waals surface area contributed by atoms with Gasteiger partial charge in [-0.1, -0.05) is 0 Å². The molecule has 0 amide bonds. The number of hydrogen-bond acceptors (Lipinski definition) is 1. The van der Waals surface area contributed by atoms with Crippen LogP contribution in [0.3, 0.4) is 0 Å². The number of rotatable bonds is 3. The lowest BCUT2D eigenvalue weighted by Gasteiger charge is -2.28. The van der Waals surface area contributed by atoms with E-state index < -0.39 is 12.3 Å². The van der Waals surface area contributed by atoms with Gasteiger partial charge in [-0.05, 0) is 32.1 Å². The van der Waals surface area contributed by atoms with Crippen LogP contribution in [0.15, 0.2) is 0 Å². The fraction of sp³-hybridized carbons (Fsp3) is 1.00. The van der Waals surface area contributed by atoms with Gasteiger partial charge < -0.3 is 0 Å². The molecule has 0 aliphatic heterocycles. The van der Waals surface area contributed by atoms with E-state index in [1.54, 1.807) is 11.8 Å². The lowest BCUT2D eigenvalue weighted by Crippen LogP contribution is -2.32. The van der Waals surface area contributed by atoms with Gasteiger partial charge in [0.2, 0.25) is 0 Å². The van der Waals surface area contributed by atoms with Crippen molar-refractivity contribution in [2.75, 3.05) is 5.75 Å². The summed E-state index contributed by atoms with van der Waals surface area (Å²) >= 11 is 1.78. The van der Waals surface area contributed by atoms with E-state index in [2.05, 4.69) is 0 Å². The molecule has 2 atom stereocenters. The first kappa shape index (κ1) is 9.75. The predicted octanol–water partition coefficient (Wildman–Crippen LogP) is 3.36. The number of halogens is 2. The van der Waals surface area contributed by atoms with Gasteiger partial charge in [0, 0.05) is 16.9 Å². The first-order valence-corrected chi connectivity index (χ1v) is 6.22. The Morgan fingerprint density at radius 3 is 2.15 bits per heavy atom. The molecule has 0 radical (unpaired) electrons. The third-order valence-corrected chi connectivity index (χ3v) is 4.46. The molecule has 0 aromatic heterocycles. The van der Waals surface area contributed by atoms with Crippen LogP contribution in [0.25, 0.3) is 0 Å². The number of thioether (sulfide) groups is 1. The highest BCUT2D eigenvalue weighted by Crippen LogP contribution is 2.39. The summed E-state index contributed by atoms with van der Waals surface area (Å²) in [5.74, 6) is 0.395. The SMILES string of the molecule is FC1CCCC(F)C1CSC1CC1. The van der Waals surface area contributed by atoms with E-state index >= 15 is 0 Å². The van der Waals surface area contributed by atoms with E-state index in [4.69, 9.17) is 0 Å². The van der Waals surface area contributed by atoms with Crippen LogP contribution < -0.4 is 0 Å². The molecule has 0 nitrogen and oxygen atoms in total. The average molecular weight is 206 g/mol. The van der Waals surface area contributed by atoms with Crippen molar-refractivity contribution in [3.8, 4) is 0 Å². The largest absolute Gasteiger partial charge is 0.247 e. The fourth-order valence-electron chi connectivity index (χ4n) is 1.85. The summed E-state index contributed by atoms with van der Waals surface area (Å²) in [5, 5.41) is 0.723. The van der Waals surface area contributed by atoms with Crippen LogP contribution in [0.5, 0.6) is 0 Å². The van der Waals surface area contributed by atoms with Gasteiger partial charge in [-0.25, -0.2) is 8.78 Å². The third kappa shape index (κ3) is 2.58. The van der Waals surface area contributed by atoms with Crippen LogP contribution in [-0.2, 0) is 0 Å². The van der Waals surface area contributed by atoms with E-state index in [1.807, 2.05) is 0 Å². The van der Waals surface area contributed by atoms with Gasteiger partial charge in [0.25, 0.3) is 0 Å². The van der Waals surface area contributed by atoms with Gasteiger partial charge in [-0.15, -0.1) is 0 Å². The topological polar surface area (TPSA) is 0 Å². The Balaban J connectivity index is 1.78. The minimum atomic E-state index is -0.880. The molecule has 0 spiro atoms. The summed E-state index contributed by atoms with van der Waals surface area (Å²) < 4.78 is 26.6. The summed E-state index contributed by atoms with van der Waals surface area (Å²) in [6, 6.07) is 0. The highest BCUT2D eigenvalue weighted by atomic mass is 32.2. The first-order chi connectivity index (χ1) is 6.27. The van der Waals surface area contributed by atoms with Crippen LogP contribution in [0.1, 0.15) is 32.1 Å². The Bertz CT molecular complexity index is 160. The molecule has 0 bridgehead atoms. The maximum atomic E-state index is 13.3. The molecular formula is C10H16F2S. The molecule has 2 fully saturated rings. The smallest absolute Gasteiger partial charge is 0.106 e. The van der Waals surface area contributed by atoms with Crippen molar-refractivity contribution in [3.63, 3.8) is 0 Å². The van der Waals surface area contributed by atoms with E-state index in [0.717, 1.165) is 11.7 Å². The molecule has 2 rings (SSSR count). The van der Waals surface area contributed by atoms with Crippen molar-refractivity contribution in [2.45, 2.75) is 49.7 Å². The molecule has 2 unspecified atom stereocenters. The molecule has 0 N–H and O–H groups in total. The van der Waals surface area contributed by atoms with Crippen molar-refractivity contribution < 1.29 is 8.78 Å². The molecule has 2 saturated carbocycles. The van der Waals surface area contributed by atoms with Crippen molar-refractivity contribution in [1.29, 1.82) is 0 Å². The van der Waals surface area contributed by atoms with Crippen LogP contribution >= 0.6 is 11.8 Å². The molecule has 0 saturated heterocycles. The van der Waals surface area contributed by atoms with Gasteiger partial charge in [0.15, 0.2) is 0 Å². The van der Waals surface area contributed by atoms with Gasteiger partial charge in [-0.3, -0.25) is 0 Å². The normalized spacial score (nSPS) is 40.6. The zero-order valence-corrected chi connectivity index (χ0v) is 8.53. The summed E-state index contributed by atoms with van der Waals surface area (Å²) in [6.07, 6.45) is 2.64. The molecule has 13 heavy (non-hydrogen) atoms. The second-order valence-electron chi connectivity index (χ2n) is 4.16. The average Bonchev–Trinajstić information content (AvgIpc) is 2.87. The Morgan fingerprint density at radius 2 is 1.62 bits per heavy atom. The van der Waals surface area contributed by atoms with Gasteiger partial charge in [0.05, 0.1) is 0 Å². The minimum absolute atomic E-state index is 0.306. The van der Waals surface area contributed by atoms with E-state index in [1.165, 1.54) is 12.8 Å². The van der Waals surface area contributed by atoms with Crippen LogP contribution in [0.4, 0.5) is 8.78 Å². The van der Waals surface area contributed by atoms with Crippen molar-refractivity contribution in [2.24, 2.45) is 5.92 Å². The summed E-state index contributed by atoms with van der Waals surface area (Å²) in [4.78, 5) is 0. The fourth-order valence-corrected chi connectivity index (χ4v) is 3.23. The van der Waals surface area contributed by atoms with Crippen LogP contribution in [0.2, 0.25) is 0 Å². The molecule has 0 heterocycles. The Labute approximate surface area is 82.5 Å². The maximum absolute atomic E-state index is 13.3. The molecule has 0 aromatic carbocycles. The monoisotopic (exact) mass is 206 g/mol. The Morgan fingerprint density at radius 1 is 1.00 bits per heavy atom. The van der Waals surface area contributed by atoms with Gasteiger partial charge >= 0.3 is 0 Å². The summed E-state index contributed by atoms with van der Waals surface area (Å²) in [6.45, 7) is 0. The lowest BCUT2D eigenvalue weighted by atomic mass is 9.87. The molecule has 3 heteroatoms. The maximum Gasteiger partial charge on any atom is 0.106 e. The zero-order valence-electron chi connectivity index (χ0n) is 7.72. The summed E-state index contributed by atoms with van der Waals surface area (Å²) in [5.41, 5.74) is 0. The summed E-state index contributed by atoms with van der Waals surface area (Å²) in [7, 11) is 0. The molecule has 2 aliphatic rings. The first-order valence-electron chi connectivity index (χ1n) is 5.17. The standard InChI is InChI=1S/C10H16F2S/c11-9-2-1-3-10(12)8(9)6-13-7-4-5-7/h7-10H,1-6H2. The van der Waals surface area contributed by atoms with Crippen molar-refractivity contribution in [3.05, 3.63) is 0 Å². The van der Waals surface area contributed by atoms with E-state index in [-0.39, 0.29) is 5.92 Å². The third-order valence-electron chi connectivity index (χ3n) is 2.94. The quantitative estimate of drug-likeness (QED) is 0.682. The highest BCUT2D eigenvalue weighted by Gasteiger charge is 2.35. The van der Waals surface area contributed by atoms with E-state index in [9.17, 15) is 8.78 Å². The predicted molar refractivity (Wildman–Crippen MR) is 52.6 cm³/mol. The van der Waals surface area contributed by atoms with Gasteiger partial charge in [-0.2, -0.15) is 11.8 Å². The second-order valence-corrected chi connectivity index (χ2v) is 5.49.